The van der Waals surface area contributed by atoms with Crippen molar-refractivity contribution in [2.75, 3.05) is 13.2 Å². The van der Waals surface area contributed by atoms with Crippen molar-refractivity contribution in [3.05, 3.63) is 9.30 Å². The van der Waals surface area contributed by atoms with E-state index in [9.17, 15) is 4.79 Å². The lowest BCUT2D eigenvalue weighted by Crippen LogP contribution is -2.21. The van der Waals surface area contributed by atoms with Crippen LogP contribution in [0.4, 0.5) is 5.82 Å². The highest BCUT2D eigenvalue weighted by Crippen LogP contribution is 2.25. The molecule has 0 aromatic carbocycles. The number of unbranched alkanes of at least 4 members (excludes halogenated alkanes) is 22. The van der Waals surface area contributed by atoms with Crippen LogP contribution in [0.15, 0.2) is 14.3 Å². The summed E-state index contributed by atoms with van der Waals surface area (Å²) in [6, 6.07) is 0. The fraction of sp³-hybridized carbons (Fsp3) is 0.872. The van der Waals surface area contributed by atoms with Crippen LogP contribution in [0.5, 0.6) is 0 Å². The standard InChI is InChI=1S/C39H71BrN2O3S/c1-4-7-9-11-13-15-17-19-21-23-25-27-30-35(31-28-26-24-22-20-18-16-14-12-10-8-5-2)32-29-33-45-37(38(43)44-6-3)41-36-34-46-39(40)42-36/h34-35H,4-33H2,1-3H3/b41-37-. The summed E-state index contributed by atoms with van der Waals surface area (Å²) >= 11 is 4.79. The zero-order valence-electron chi connectivity index (χ0n) is 30.3. The van der Waals surface area contributed by atoms with Crippen LogP contribution in [0.3, 0.4) is 0 Å². The molecular weight excluding hydrogens is 656 g/mol. The van der Waals surface area contributed by atoms with E-state index < -0.39 is 5.97 Å². The Hall–Kier alpha value is -0.950. The number of hydrogen-bond donors (Lipinski definition) is 0. The van der Waals surface area contributed by atoms with E-state index in [4.69, 9.17) is 9.47 Å². The number of esters is 1. The van der Waals surface area contributed by atoms with Crippen LogP contribution in [-0.4, -0.2) is 30.1 Å². The van der Waals surface area contributed by atoms with Crippen LogP contribution >= 0.6 is 27.3 Å². The van der Waals surface area contributed by atoms with Gasteiger partial charge in [0.05, 0.1) is 13.2 Å². The molecule has 0 fully saturated rings. The Morgan fingerprint density at radius 3 is 1.46 bits per heavy atom. The topological polar surface area (TPSA) is 60.8 Å². The molecule has 0 amide bonds. The molecule has 0 bridgehead atoms. The second-order valence-electron chi connectivity index (χ2n) is 13.3. The molecule has 0 aliphatic rings. The molecule has 1 aromatic rings. The third-order valence-corrected chi connectivity index (χ3v) is 10.4. The summed E-state index contributed by atoms with van der Waals surface area (Å²) < 4.78 is 11.8. The lowest BCUT2D eigenvalue weighted by molar-refractivity contribution is -0.136. The SMILES string of the molecule is CCCCCCCCCCCCCCC(CCCCCCCCCCCCCC)CCCO/C(=N\c1csc(Br)n1)C(=O)OCC. The minimum absolute atomic E-state index is 0.0121. The molecule has 0 saturated carbocycles. The number of nitrogens with zero attached hydrogens (tertiary/aromatic N) is 2. The number of hydrogen-bond acceptors (Lipinski definition) is 6. The van der Waals surface area contributed by atoms with Crippen molar-refractivity contribution in [3.8, 4) is 0 Å². The zero-order valence-corrected chi connectivity index (χ0v) is 32.7. The molecule has 0 spiro atoms. The van der Waals surface area contributed by atoms with Gasteiger partial charge in [0, 0.05) is 5.38 Å². The van der Waals surface area contributed by atoms with Crippen LogP contribution in [-0.2, 0) is 14.3 Å². The highest BCUT2D eigenvalue weighted by Gasteiger charge is 2.17. The van der Waals surface area contributed by atoms with Gasteiger partial charge in [-0.05, 0) is 41.6 Å². The van der Waals surface area contributed by atoms with Gasteiger partial charge in [0.15, 0.2) is 9.73 Å². The number of aliphatic imine (C=N–C) groups is 1. The van der Waals surface area contributed by atoms with Crippen LogP contribution in [0.2, 0.25) is 0 Å². The van der Waals surface area contributed by atoms with Crippen LogP contribution in [0.1, 0.15) is 201 Å². The largest absolute Gasteiger partial charge is 0.472 e. The van der Waals surface area contributed by atoms with Crippen molar-refractivity contribution in [2.24, 2.45) is 10.9 Å². The summed E-state index contributed by atoms with van der Waals surface area (Å²) in [6.07, 6.45) is 38.3. The number of halogens is 1. The van der Waals surface area contributed by atoms with Gasteiger partial charge in [-0.25, -0.2) is 9.78 Å². The van der Waals surface area contributed by atoms with Crippen molar-refractivity contribution in [1.29, 1.82) is 0 Å². The summed E-state index contributed by atoms with van der Waals surface area (Å²) in [5.41, 5.74) is 0. The third kappa shape index (κ3) is 26.1. The molecule has 1 heterocycles. The molecule has 0 aliphatic carbocycles. The first kappa shape index (κ1) is 43.1. The lowest BCUT2D eigenvalue weighted by atomic mass is 9.90. The van der Waals surface area contributed by atoms with Gasteiger partial charge in [-0.3, -0.25) is 0 Å². The van der Waals surface area contributed by atoms with Crippen molar-refractivity contribution < 1.29 is 14.3 Å². The summed E-state index contributed by atoms with van der Waals surface area (Å²) in [7, 11) is 0. The molecule has 1 aromatic heterocycles. The molecule has 46 heavy (non-hydrogen) atoms. The molecule has 0 radical (unpaired) electrons. The van der Waals surface area contributed by atoms with E-state index in [1.54, 1.807) is 12.3 Å². The molecule has 5 nitrogen and oxygen atoms in total. The molecule has 0 saturated heterocycles. The summed E-state index contributed by atoms with van der Waals surface area (Å²) in [4.78, 5) is 21.1. The zero-order chi connectivity index (χ0) is 33.3. The number of ether oxygens (including phenoxy) is 2. The molecule has 1 rings (SSSR count). The van der Waals surface area contributed by atoms with Crippen molar-refractivity contribution in [2.45, 2.75) is 201 Å². The normalized spacial score (nSPS) is 11.9. The van der Waals surface area contributed by atoms with Gasteiger partial charge in [0.25, 0.3) is 0 Å². The van der Waals surface area contributed by atoms with Gasteiger partial charge in [-0.2, -0.15) is 4.99 Å². The molecule has 0 atom stereocenters. The Bertz CT molecular complexity index is 819. The van der Waals surface area contributed by atoms with Gasteiger partial charge in [-0.1, -0.05) is 181 Å². The predicted octanol–water partition coefficient (Wildman–Crippen LogP) is 14.1. The number of carbonyl (C=O) groups excluding carboxylic acids is 1. The molecule has 7 heteroatoms. The minimum Gasteiger partial charge on any atom is -0.472 e. The van der Waals surface area contributed by atoms with E-state index in [2.05, 4.69) is 39.8 Å². The highest BCUT2D eigenvalue weighted by molar-refractivity contribution is 9.11. The average Bonchev–Trinajstić information content (AvgIpc) is 3.47. The first-order chi connectivity index (χ1) is 22.6. The van der Waals surface area contributed by atoms with E-state index in [1.807, 2.05) is 0 Å². The van der Waals surface area contributed by atoms with Crippen LogP contribution < -0.4 is 0 Å². The van der Waals surface area contributed by atoms with Crippen LogP contribution in [0, 0.1) is 5.92 Å². The van der Waals surface area contributed by atoms with E-state index >= 15 is 0 Å². The summed E-state index contributed by atoms with van der Waals surface area (Å²) in [5, 5.41) is 1.80. The maximum Gasteiger partial charge on any atom is 0.394 e. The minimum atomic E-state index is -0.517. The van der Waals surface area contributed by atoms with E-state index in [0.29, 0.717) is 19.0 Å². The first-order valence-electron chi connectivity index (χ1n) is 19.6. The van der Waals surface area contributed by atoms with Crippen molar-refractivity contribution in [3.63, 3.8) is 0 Å². The van der Waals surface area contributed by atoms with E-state index in [-0.39, 0.29) is 5.90 Å². The van der Waals surface area contributed by atoms with Gasteiger partial charge < -0.3 is 9.47 Å². The molecular formula is C39H71BrN2O3S. The maximum atomic E-state index is 12.4. The third-order valence-electron chi connectivity index (χ3n) is 9.06. The van der Waals surface area contributed by atoms with Crippen molar-refractivity contribution in [1.82, 2.24) is 4.98 Å². The molecule has 268 valence electrons. The Balaban J connectivity index is 2.36. The summed E-state index contributed by atoms with van der Waals surface area (Å²) in [5.74, 6) is 0.707. The maximum absolute atomic E-state index is 12.4. The molecule has 0 aliphatic heterocycles. The number of aromatic nitrogens is 1. The second kappa shape index (κ2) is 32.6. The number of thiazole rings is 1. The van der Waals surface area contributed by atoms with Crippen LogP contribution in [0.25, 0.3) is 0 Å². The smallest absolute Gasteiger partial charge is 0.394 e. The van der Waals surface area contributed by atoms with Gasteiger partial charge in [0.1, 0.15) is 0 Å². The predicted molar refractivity (Wildman–Crippen MR) is 204 cm³/mol. The fourth-order valence-electron chi connectivity index (χ4n) is 6.25. The molecule has 0 N–H and O–H groups in total. The second-order valence-corrected chi connectivity index (χ2v) is 15.4. The average molecular weight is 728 g/mol. The Kier molecular flexibility index (Phi) is 30.5. The summed E-state index contributed by atoms with van der Waals surface area (Å²) in [6.45, 7) is 7.16. The Labute approximate surface area is 297 Å². The van der Waals surface area contributed by atoms with Gasteiger partial charge >= 0.3 is 11.9 Å². The number of carbonyl (C=O) groups is 1. The Morgan fingerprint density at radius 1 is 0.652 bits per heavy atom. The number of rotatable bonds is 32. The monoisotopic (exact) mass is 726 g/mol. The van der Waals surface area contributed by atoms with Gasteiger partial charge in [-0.15, -0.1) is 11.3 Å². The van der Waals surface area contributed by atoms with E-state index in [0.717, 1.165) is 22.7 Å². The quantitative estimate of drug-likeness (QED) is 0.0321. The lowest BCUT2D eigenvalue weighted by Gasteiger charge is -2.17. The van der Waals surface area contributed by atoms with E-state index in [1.165, 1.54) is 178 Å². The molecule has 0 unspecified atom stereocenters. The van der Waals surface area contributed by atoms with Gasteiger partial charge in [0.2, 0.25) is 0 Å². The Morgan fingerprint density at radius 2 is 1.07 bits per heavy atom. The first-order valence-corrected chi connectivity index (χ1v) is 21.3. The van der Waals surface area contributed by atoms with Crippen molar-refractivity contribution >= 4 is 45.0 Å². The highest BCUT2D eigenvalue weighted by atomic mass is 79.9. The fourth-order valence-corrected chi connectivity index (χ4v) is 7.17.